The molecule has 0 atom stereocenters. The van der Waals surface area contributed by atoms with Crippen LogP contribution in [0.3, 0.4) is 0 Å². The summed E-state index contributed by atoms with van der Waals surface area (Å²) >= 11 is 0. The predicted molar refractivity (Wildman–Crippen MR) is 98.8 cm³/mol. The molecule has 1 aromatic carbocycles. The Morgan fingerprint density at radius 1 is 1.12 bits per heavy atom. The summed E-state index contributed by atoms with van der Waals surface area (Å²) in [6, 6.07) is 6.33. The van der Waals surface area contributed by atoms with Crippen LogP contribution in [0.25, 0.3) is 0 Å². The van der Waals surface area contributed by atoms with Gasteiger partial charge in [-0.3, -0.25) is 4.79 Å². The highest BCUT2D eigenvalue weighted by Gasteiger charge is 2.21. The van der Waals surface area contributed by atoms with E-state index in [1.807, 2.05) is 6.92 Å². The number of carbonyl (C=O) groups excluding carboxylic acids is 2. The molecule has 0 fully saturated rings. The molecule has 7 nitrogen and oxygen atoms in total. The molecule has 0 aromatic heterocycles. The number of carbonyl (C=O) groups is 2. The fourth-order valence-electron chi connectivity index (χ4n) is 2.14. The lowest BCUT2D eigenvalue weighted by Gasteiger charge is -2.18. The normalized spacial score (nSPS) is 11.7. The van der Waals surface area contributed by atoms with Crippen molar-refractivity contribution >= 4 is 21.9 Å². The number of benzene rings is 1. The van der Waals surface area contributed by atoms with E-state index in [4.69, 9.17) is 4.74 Å². The molecule has 1 amide bonds. The van der Waals surface area contributed by atoms with E-state index >= 15 is 0 Å². The zero-order valence-electron chi connectivity index (χ0n) is 15.4. The number of nitrogens with zero attached hydrogens (tertiary/aromatic N) is 1. The summed E-state index contributed by atoms with van der Waals surface area (Å²) in [5, 5.41) is 2.61. The van der Waals surface area contributed by atoms with E-state index in [9.17, 15) is 18.0 Å². The predicted octanol–water partition coefficient (Wildman–Crippen LogP) is 1.84. The van der Waals surface area contributed by atoms with Crippen LogP contribution in [0.4, 0.5) is 0 Å². The van der Waals surface area contributed by atoms with E-state index in [0.717, 1.165) is 5.56 Å². The molecule has 0 aliphatic rings. The molecule has 1 rings (SSSR count). The third-order valence-corrected chi connectivity index (χ3v) is 5.66. The van der Waals surface area contributed by atoms with Gasteiger partial charge in [-0.2, -0.15) is 4.31 Å². The second kappa shape index (κ2) is 10.7. The zero-order chi connectivity index (χ0) is 19.6. The summed E-state index contributed by atoms with van der Waals surface area (Å²) in [5.74, 6) is -0.990. The van der Waals surface area contributed by atoms with Gasteiger partial charge < -0.3 is 10.1 Å². The number of sulfonamides is 1. The Bertz CT molecular complexity index is 722. The van der Waals surface area contributed by atoms with Crippen molar-refractivity contribution in [3.63, 3.8) is 0 Å². The molecule has 0 unspecified atom stereocenters. The van der Waals surface area contributed by atoms with Gasteiger partial charge in [0.2, 0.25) is 10.0 Å². The topological polar surface area (TPSA) is 92.8 Å². The van der Waals surface area contributed by atoms with Crippen LogP contribution in [-0.4, -0.2) is 44.3 Å². The Morgan fingerprint density at radius 3 is 2.27 bits per heavy atom. The van der Waals surface area contributed by atoms with Gasteiger partial charge in [0.05, 0.1) is 4.90 Å². The highest BCUT2D eigenvalue weighted by molar-refractivity contribution is 7.89. The Balaban J connectivity index is 2.56. The van der Waals surface area contributed by atoms with Crippen LogP contribution >= 0.6 is 0 Å². The van der Waals surface area contributed by atoms with Crippen LogP contribution in [0, 0.1) is 0 Å². The van der Waals surface area contributed by atoms with Crippen molar-refractivity contribution < 1.29 is 22.7 Å². The first-order valence-electron chi connectivity index (χ1n) is 8.54. The lowest BCUT2D eigenvalue weighted by molar-refractivity contribution is -0.143. The molecular weight excluding hydrogens is 356 g/mol. The fourth-order valence-corrected chi connectivity index (χ4v) is 3.60. The number of rotatable bonds is 10. The maximum atomic E-state index is 12.4. The van der Waals surface area contributed by atoms with Crippen molar-refractivity contribution in [3.05, 3.63) is 42.0 Å². The number of ether oxygens (including phenoxy) is 1. The second-order valence-electron chi connectivity index (χ2n) is 5.43. The van der Waals surface area contributed by atoms with Crippen molar-refractivity contribution in [1.29, 1.82) is 0 Å². The van der Waals surface area contributed by atoms with E-state index in [2.05, 4.69) is 5.32 Å². The minimum absolute atomic E-state index is 0.215. The maximum Gasteiger partial charge on any atom is 0.330 e. The zero-order valence-corrected chi connectivity index (χ0v) is 16.2. The summed E-state index contributed by atoms with van der Waals surface area (Å²) in [6.45, 7) is 6.13. The van der Waals surface area contributed by atoms with Crippen molar-refractivity contribution in [3.8, 4) is 0 Å². The summed E-state index contributed by atoms with van der Waals surface area (Å²) < 4.78 is 31.0. The van der Waals surface area contributed by atoms with Crippen molar-refractivity contribution in [2.45, 2.75) is 38.6 Å². The van der Waals surface area contributed by atoms with Gasteiger partial charge in [-0.1, -0.05) is 39.0 Å². The van der Waals surface area contributed by atoms with Crippen LogP contribution < -0.4 is 5.32 Å². The third-order valence-electron chi connectivity index (χ3n) is 3.59. The van der Waals surface area contributed by atoms with Crippen LogP contribution in [-0.2, 0) is 30.9 Å². The van der Waals surface area contributed by atoms with E-state index in [-0.39, 0.29) is 18.0 Å². The average molecular weight is 382 g/mol. The lowest BCUT2D eigenvalue weighted by Crippen LogP contribution is -2.30. The molecule has 1 aromatic rings. The maximum absolute atomic E-state index is 12.4. The molecule has 0 spiro atoms. The van der Waals surface area contributed by atoms with E-state index < -0.39 is 21.9 Å². The van der Waals surface area contributed by atoms with Crippen LogP contribution in [0.5, 0.6) is 0 Å². The quantitative estimate of drug-likeness (QED) is 0.492. The van der Waals surface area contributed by atoms with E-state index in [0.29, 0.717) is 19.5 Å². The van der Waals surface area contributed by atoms with Crippen LogP contribution in [0.15, 0.2) is 41.3 Å². The van der Waals surface area contributed by atoms with Crippen LogP contribution in [0.2, 0.25) is 0 Å². The SMILES string of the molecule is CC/C=C/C(=O)OCC(=O)NCc1ccc(S(=O)(=O)N(CC)CC)cc1. The van der Waals surface area contributed by atoms with Crippen LogP contribution in [0.1, 0.15) is 32.8 Å². The summed E-state index contributed by atoms with van der Waals surface area (Å²) in [7, 11) is -3.49. The summed E-state index contributed by atoms with van der Waals surface area (Å²) in [6.07, 6.45) is 3.64. The number of amides is 1. The number of hydrogen-bond acceptors (Lipinski definition) is 5. The molecule has 1 N–H and O–H groups in total. The van der Waals surface area contributed by atoms with Gasteiger partial charge in [0.15, 0.2) is 6.61 Å². The minimum atomic E-state index is -3.49. The molecule has 0 radical (unpaired) electrons. The molecule has 144 valence electrons. The molecule has 0 bridgehead atoms. The Morgan fingerprint density at radius 2 is 1.73 bits per heavy atom. The van der Waals surface area contributed by atoms with E-state index in [1.54, 1.807) is 32.1 Å². The highest BCUT2D eigenvalue weighted by atomic mass is 32.2. The fraction of sp³-hybridized carbons (Fsp3) is 0.444. The van der Waals surface area contributed by atoms with Gasteiger partial charge >= 0.3 is 5.97 Å². The largest absolute Gasteiger partial charge is 0.452 e. The summed E-state index contributed by atoms with van der Waals surface area (Å²) in [5.41, 5.74) is 0.744. The minimum Gasteiger partial charge on any atom is -0.452 e. The smallest absolute Gasteiger partial charge is 0.330 e. The first-order chi connectivity index (χ1) is 12.3. The summed E-state index contributed by atoms with van der Waals surface area (Å²) in [4.78, 5) is 23.2. The standard InChI is InChI=1S/C18H26N2O5S/c1-4-7-8-18(22)25-14-17(21)19-13-15-9-11-16(12-10-15)26(23,24)20(5-2)6-3/h7-12H,4-6,13-14H2,1-3H3,(H,19,21)/b8-7+. The number of esters is 1. The average Bonchev–Trinajstić information content (AvgIpc) is 2.64. The Kier molecular flexibility index (Phi) is 9.01. The molecule has 26 heavy (non-hydrogen) atoms. The second-order valence-corrected chi connectivity index (χ2v) is 7.37. The molecule has 0 heterocycles. The van der Waals surface area contributed by atoms with Gasteiger partial charge in [-0.25, -0.2) is 13.2 Å². The van der Waals surface area contributed by atoms with E-state index in [1.165, 1.54) is 22.5 Å². The molecule has 0 aliphatic carbocycles. The van der Waals surface area contributed by atoms with Gasteiger partial charge in [-0.05, 0) is 24.1 Å². The first kappa shape index (κ1) is 21.9. The van der Waals surface area contributed by atoms with Gasteiger partial charge in [0.25, 0.3) is 5.91 Å². The third kappa shape index (κ3) is 6.61. The molecular formula is C18H26N2O5S. The van der Waals surface area contributed by atoms with Crippen molar-refractivity contribution in [2.75, 3.05) is 19.7 Å². The van der Waals surface area contributed by atoms with Crippen molar-refractivity contribution in [1.82, 2.24) is 9.62 Å². The number of allylic oxidation sites excluding steroid dienone is 1. The highest BCUT2D eigenvalue weighted by Crippen LogP contribution is 2.16. The van der Waals surface area contributed by atoms with Gasteiger partial charge in [-0.15, -0.1) is 0 Å². The lowest BCUT2D eigenvalue weighted by atomic mass is 10.2. The van der Waals surface area contributed by atoms with Crippen molar-refractivity contribution in [2.24, 2.45) is 0 Å². The van der Waals surface area contributed by atoms with Gasteiger partial charge in [0.1, 0.15) is 0 Å². The molecule has 8 heteroatoms. The molecule has 0 saturated carbocycles. The van der Waals surface area contributed by atoms with Gasteiger partial charge in [0, 0.05) is 25.7 Å². The Hall–Kier alpha value is -2.19. The number of nitrogens with one attached hydrogen (secondary N) is 1. The monoisotopic (exact) mass is 382 g/mol. The number of hydrogen-bond donors (Lipinski definition) is 1. The first-order valence-corrected chi connectivity index (χ1v) is 9.98. The molecule has 0 saturated heterocycles. The Labute approximate surface area is 155 Å². The molecule has 0 aliphatic heterocycles.